The van der Waals surface area contributed by atoms with Gasteiger partial charge in [0, 0.05) is 12.7 Å². The van der Waals surface area contributed by atoms with E-state index in [0.717, 1.165) is 11.1 Å². The molecule has 0 aliphatic rings. The first-order valence-corrected chi connectivity index (χ1v) is 6.76. The van der Waals surface area contributed by atoms with Gasteiger partial charge in [-0.1, -0.05) is 36.4 Å². The minimum absolute atomic E-state index is 0.0595. The topological polar surface area (TPSA) is 80.9 Å². The van der Waals surface area contributed by atoms with E-state index in [1.807, 2.05) is 43.3 Å². The number of carbonyl (C=O) groups is 1. The molecular weight excluding hydrogens is 288 g/mol. The number of hydrogen-bond acceptors (Lipinski definition) is 4. The van der Waals surface area contributed by atoms with E-state index in [9.17, 15) is 4.79 Å². The van der Waals surface area contributed by atoms with Crippen molar-refractivity contribution in [2.24, 2.45) is 5.73 Å². The van der Waals surface area contributed by atoms with Gasteiger partial charge < -0.3 is 11.1 Å². The quantitative estimate of drug-likeness (QED) is 0.832. The highest BCUT2D eigenvalue weighted by atomic mass is 35.5. The van der Waals surface area contributed by atoms with Crippen molar-refractivity contribution in [1.82, 2.24) is 9.97 Å². The van der Waals surface area contributed by atoms with E-state index in [-0.39, 0.29) is 10.8 Å². The van der Waals surface area contributed by atoms with Gasteiger partial charge in [0.1, 0.15) is 5.82 Å². The number of nitrogens with zero attached hydrogens (tertiary/aromatic N) is 2. The Morgan fingerprint density at radius 1 is 1.43 bits per heavy atom. The molecule has 0 radical (unpaired) electrons. The number of carbonyl (C=O) groups excluding carboxylic acids is 1. The molecule has 1 aromatic heterocycles. The predicted octanol–water partition coefficient (Wildman–Crippen LogP) is 2.87. The van der Waals surface area contributed by atoms with Crippen molar-refractivity contribution in [1.29, 1.82) is 0 Å². The van der Waals surface area contributed by atoms with Gasteiger partial charge >= 0.3 is 0 Å². The Bertz CT molecular complexity index is 685. The molecular formula is C15H15ClN4O. The van der Waals surface area contributed by atoms with Crippen LogP contribution in [0.2, 0.25) is 5.28 Å². The molecule has 0 bridgehead atoms. The number of anilines is 1. The van der Waals surface area contributed by atoms with Gasteiger partial charge in [0.25, 0.3) is 5.91 Å². The molecule has 2 aromatic rings. The molecule has 0 atom stereocenters. The maximum absolute atomic E-state index is 11.4. The van der Waals surface area contributed by atoms with Crippen LogP contribution >= 0.6 is 11.6 Å². The highest BCUT2D eigenvalue weighted by Gasteiger charge is 2.11. The van der Waals surface area contributed by atoms with Crippen LogP contribution in [0.5, 0.6) is 0 Å². The molecule has 0 saturated heterocycles. The molecule has 2 rings (SSSR count). The molecule has 0 aliphatic heterocycles. The van der Waals surface area contributed by atoms with Crippen LogP contribution in [0.25, 0.3) is 6.08 Å². The summed E-state index contributed by atoms with van der Waals surface area (Å²) in [5, 5.41) is 3.14. The number of hydrogen-bond donors (Lipinski definition) is 2. The number of allylic oxidation sites excluding steroid dienone is 1. The van der Waals surface area contributed by atoms with Crippen LogP contribution in [0.4, 0.5) is 5.82 Å². The highest BCUT2D eigenvalue weighted by Crippen LogP contribution is 2.17. The van der Waals surface area contributed by atoms with Gasteiger partial charge in [-0.15, -0.1) is 0 Å². The van der Waals surface area contributed by atoms with E-state index in [4.69, 9.17) is 17.3 Å². The minimum atomic E-state index is -0.601. The fraction of sp³-hybridized carbons (Fsp3) is 0.133. The van der Waals surface area contributed by atoms with Crippen LogP contribution in [0.3, 0.4) is 0 Å². The van der Waals surface area contributed by atoms with Gasteiger partial charge in [-0.3, -0.25) is 4.79 Å². The van der Waals surface area contributed by atoms with E-state index in [2.05, 4.69) is 15.3 Å². The molecule has 21 heavy (non-hydrogen) atoms. The first-order valence-electron chi connectivity index (χ1n) is 6.38. The second-order valence-corrected chi connectivity index (χ2v) is 4.66. The number of nitrogens with one attached hydrogen (secondary N) is 1. The van der Waals surface area contributed by atoms with Crippen LogP contribution in [0.1, 0.15) is 28.4 Å². The van der Waals surface area contributed by atoms with Gasteiger partial charge in [0.05, 0.1) is 5.56 Å². The standard InChI is InChI=1S/C15H15ClN4O/c1-2-5-10-6-3-4-7-11(10)8-18-14-12(13(17)21)9-19-15(16)20-14/h2-7,9H,8H2,1H3,(H2,17,21)(H,18,19,20). The first kappa shape index (κ1) is 15.0. The fourth-order valence-corrected chi connectivity index (χ4v) is 2.02. The second-order valence-electron chi connectivity index (χ2n) is 4.32. The van der Waals surface area contributed by atoms with Gasteiger partial charge in [0.15, 0.2) is 0 Å². The van der Waals surface area contributed by atoms with E-state index < -0.39 is 5.91 Å². The number of aromatic nitrogens is 2. The molecule has 1 heterocycles. The average molecular weight is 303 g/mol. The van der Waals surface area contributed by atoms with Crippen LogP contribution in [-0.4, -0.2) is 15.9 Å². The van der Waals surface area contributed by atoms with Gasteiger partial charge in [-0.2, -0.15) is 4.98 Å². The summed E-state index contributed by atoms with van der Waals surface area (Å²) in [5.74, 6) is -0.270. The normalized spacial score (nSPS) is 10.8. The Kier molecular flexibility index (Phi) is 4.90. The maximum Gasteiger partial charge on any atom is 0.254 e. The smallest absolute Gasteiger partial charge is 0.254 e. The lowest BCUT2D eigenvalue weighted by atomic mass is 10.1. The van der Waals surface area contributed by atoms with E-state index in [0.29, 0.717) is 12.4 Å². The summed E-state index contributed by atoms with van der Waals surface area (Å²) >= 11 is 5.76. The molecule has 0 unspecified atom stereocenters. The number of halogens is 1. The number of rotatable bonds is 5. The molecule has 0 fully saturated rings. The second kappa shape index (κ2) is 6.85. The van der Waals surface area contributed by atoms with Crippen molar-refractivity contribution in [2.45, 2.75) is 13.5 Å². The third-order valence-electron chi connectivity index (χ3n) is 2.87. The van der Waals surface area contributed by atoms with Gasteiger partial charge in [-0.05, 0) is 29.7 Å². The van der Waals surface area contributed by atoms with Crippen molar-refractivity contribution in [3.8, 4) is 0 Å². The number of primary amides is 1. The first-order chi connectivity index (χ1) is 10.1. The molecule has 108 valence electrons. The molecule has 6 heteroatoms. The Balaban J connectivity index is 2.24. The zero-order chi connectivity index (χ0) is 15.2. The summed E-state index contributed by atoms with van der Waals surface area (Å²) in [7, 11) is 0. The number of nitrogens with two attached hydrogens (primary N) is 1. The Labute approximate surface area is 127 Å². The van der Waals surface area contributed by atoms with E-state index in [1.165, 1.54) is 6.20 Å². The number of amides is 1. The molecule has 0 spiro atoms. The highest BCUT2D eigenvalue weighted by molar-refractivity contribution is 6.28. The Morgan fingerprint density at radius 3 is 2.90 bits per heavy atom. The van der Waals surface area contributed by atoms with Crippen molar-refractivity contribution in [3.63, 3.8) is 0 Å². The molecule has 3 N–H and O–H groups in total. The van der Waals surface area contributed by atoms with Crippen molar-refractivity contribution in [2.75, 3.05) is 5.32 Å². The average Bonchev–Trinajstić information content (AvgIpc) is 2.46. The van der Waals surface area contributed by atoms with Gasteiger partial charge in [-0.25, -0.2) is 4.98 Å². The zero-order valence-electron chi connectivity index (χ0n) is 11.5. The van der Waals surface area contributed by atoms with Crippen molar-refractivity contribution < 1.29 is 4.79 Å². The fourth-order valence-electron chi connectivity index (χ4n) is 1.89. The monoisotopic (exact) mass is 302 g/mol. The lowest BCUT2D eigenvalue weighted by molar-refractivity contribution is 0.100. The van der Waals surface area contributed by atoms with Crippen LogP contribution < -0.4 is 11.1 Å². The molecule has 0 saturated carbocycles. The third-order valence-corrected chi connectivity index (χ3v) is 3.05. The largest absolute Gasteiger partial charge is 0.365 e. The van der Waals surface area contributed by atoms with E-state index >= 15 is 0 Å². The molecule has 5 nitrogen and oxygen atoms in total. The summed E-state index contributed by atoms with van der Waals surface area (Å²) in [6.45, 7) is 2.45. The summed E-state index contributed by atoms with van der Waals surface area (Å²) in [6, 6.07) is 7.93. The van der Waals surface area contributed by atoms with Crippen LogP contribution in [0, 0.1) is 0 Å². The van der Waals surface area contributed by atoms with Gasteiger partial charge in [0.2, 0.25) is 5.28 Å². The summed E-state index contributed by atoms with van der Waals surface area (Å²) < 4.78 is 0. The van der Waals surface area contributed by atoms with Crippen molar-refractivity contribution >= 4 is 29.4 Å². The van der Waals surface area contributed by atoms with Crippen LogP contribution in [0.15, 0.2) is 36.5 Å². The Hall–Kier alpha value is -2.40. The minimum Gasteiger partial charge on any atom is -0.365 e. The third kappa shape index (κ3) is 3.79. The SMILES string of the molecule is CC=Cc1ccccc1CNc1nc(Cl)ncc1C(N)=O. The lowest BCUT2D eigenvalue weighted by Gasteiger charge is -2.11. The summed E-state index contributed by atoms with van der Waals surface area (Å²) in [6.07, 6.45) is 5.30. The molecule has 1 amide bonds. The van der Waals surface area contributed by atoms with Crippen LogP contribution in [-0.2, 0) is 6.54 Å². The zero-order valence-corrected chi connectivity index (χ0v) is 12.3. The van der Waals surface area contributed by atoms with Crippen molar-refractivity contribution in [3.05, 3.63) is 58.5 Å². The molecule has 0 aliphatic carbocycles. The summed E-state index contributed by atoms with van der Waals surface area (Å²) in [5.41, 5.74) is 7.67. The lowest BCUT2D eigenvalue weighted by Crippen LogP contribution is -2.16. The van der Waals surface area contributed by atoms with E-state index in [1.54, 1.807) is 0 Å². The molecule has 1 aromatic carbocycles. The Morgan fingerprint density at radius 2 is 2.19 bits per heavy atom. The summed E-state index contributed by atoms with van der Waals surface area (Å²) in [4.78, 5) is 19.1. The number of benzene rings is 1. The predicted molar refractivity (Wildman–Crippen MR) is 84.0 cm³/mol. The maximum atomic E-state index is 11.4.